The lowest BCUT2D eigenvalue weighted by molar-refractivity contribution is -0.163. The van der Waals surface area contributed by atoms with E-state index in [1.165, 1.54) is 5.56 Å². The van der Waals surface area contributed by atoms with Crippen molar-refractivity contribution in [1.29, 1.82) is 0 Å². The van der Waals surface area contributed by atoms with E-state index in [0.717, 1.165) is 19.3 Å². The second kappa shape index (κ2) is 8.00. The van der Waals surface area contributed by atoms with Crippen molar-refractivity contribution in [3.63, 3.8) is 0 Å². The Balaban J connectivity index is 0.00000242. The van der Waals surface area contributed by atoms with Gasteiger partial charge in [0.1, 0.15) is 0 Å². The molecule has 2 rings (SSSR count). The molecule has 1 aliphatic heterocycles. The number of hydrogen-bond acceptors (Lipinski definition) is 6. The van der Waals surface area contributed by atoms with Crippen LogP contribution in [0.15, 0.2) is 40.3 Å². The summed E-state index contributed by atoms with van der Waals surface area (Å²) in [5.41, 5.74) is 12.3. The molecule has 0 spiro atoms. The van der Waals surface area contributed by atoms with Crippen LogP contribution in [0.2, 0.25) is 0 Å². The number of rotatable bonds is 6. The first-order valence-corrected chi connectivity index (χ1v) is 7.22. The van der Waals surface area contributed by atoms with E-state index in [2.05, 4.69) is 22.1 Å². The zero-order valence-corrected chi connectivity index (χ0v) is 13.8. The average molecular weight is 326 g/mol. The van der Waals surface area contributed by atoms with Crippen LogP contribution in [-0.4, -0.2) is 29.3 Å². The lowest BCUT2D eigenvalue weighted by atomic mass is 10.1. The molecule has 0 bridgehead atoms. The molecule has 22 heavy (non-hydrogen) atoms. The fourth-order valence-electron chi connectivity index (χ4n) is 2.23. The molecular weight excluding hydrogens is 302 g/mol. The molecule has 6 nitrogen and oxygen atoms in total. The van der Waals surface area contributed by atoms with Gasteiger partial charge in [0, 0.05) is 0 Å². The lowest BCUT2D eigenvalue weighted by Crippen LogP contribution is -2.55. The summed E-state index contributed by atoms with van der Waals surface area (Å²) < 4.78 is 0. The molecule has 0 radical (unpaired) electrons. The number of halogens is 1. The van der Waals surface area contributed by atoms with E-state index in [1.807, 2.05) is 32.0 Å². The van der Waals surface area contributed by atoms with Crippen LogP contribution in [0.3, 0.4) is 0 Å². The van der Waals surface area contributed by atoms with Gasteiger partial charge in [0.2, 0.25) is 11.9 Å². The van der Waals surface area contributed by atoms with Gasteiger partial charge in [-0.25, -0.2) is 4.99 Å². The van der Waals surface area contributed by atoms with Crippen molar-refractivity contribution in [3.8, 4) is 0 Å². The SMILES string of the molecule is CCC1(C)N=C(N)N=C(N)N1OCCCc1ccccc1.Cl. The van der Waals surface area contributed by atoms with Gasteiger partial charge in [0.25, 0.3) is 0 Å². The summed E-state index contributed by atoms with van der Waals surface area (Å²) in [6.07, 6.45) is 2.58. The third-order valence-electron chi connectivity index (χ3n) is 3.57. The van der Waals surface area contributed by atoms with Crippen molar-refractivity contribution >= 4 is 24.3 Å². The van der Waals surface area contributed by atoms with Crippen molar-refractivity contribution in [2.45, 2.75) is 38.8 Å². The topological polar surface area (TPSA) is 89.2 Å². The maximum absolute atomic E-state index is 5.90. The van der Waals surface area contributed by atoms with Crippen molar-refractivity contribution in [2.75, 3.05) is 6.61 Å². The number of nitrogens with zero attached hydrogens (tertiary/aromatic N) is 3. The van der Waals surface area contributed by atoms with Gasteiger partial charge in [-0.1, -0.05) is 37.3 Å². The third kappa shape index (κ3) is 4.35. The van der Waals surface area contributed by atoms with E-state index in [1.54, 1.807) is 5.06 Å². The van der Waals surface area contributed by atoms with Crippen LogP contribution in [0, 0.1) is 0 Å². The first-order valence-electron chi connectivity index (χ1n) is 7.22. The normalized spacial score (nSPS) is 20.9. The van der Waals surface area contributed by atoms with E-state index in [0.29, 0.717) is 6.61 Å². The highest BCUT2D eigenvalue weighted by Gasteiger charge is 2.35. The number of hydrogen-bond donors (Lipinski definition) is 2. The maximum atomic E-state index is 5.90. The smallest absolute Gasteiger partial charge is 0.226 e. The first-order chi connectivity index (χ1) is 10.0. The highest BCUT2D eigenvalue weighted by Crippen LogP contribution is 2.24. The summed E-state index contributed by atoms with van der Waals surface area (Å²) >= 11 is 0. The van der Waals surface area contributed by atoms with Crippen LogP contribution in [0.5, 0.6) is 0 Å². The molecule has 1 aromatic carbocycles. The van der Waals surface area contributed by atoms with Gasteiger partial charge in [-0.3, -0.25) is 4.84 Å². The summed E-state index contributed by atoms with van der Waals surface area (Å²) in [4.78, 5) is 14.1. The fraction of sp³-hybridized carbons (Fsp3) is 0.467. The second-order valence-electron chi connectivity index (χ2n) is 5.23. The Morgan fingerprint density at radius 2 is 1.91 bits per heavy atom. The van der Waals surface area contributed by atoms with Gasteiger partial charge in [0.15, 0.2) is 5.66 Å². The molecule has 0 aromatic heterocycles. The Morgan fingerprint density at radius 3 is 2.55 bits per heavy atom. The molecule has 122 valence electrons. The van der Waals surface area contributed by atoms with Gasteiger partial charge in [-0.15, -0.1) is 12.4 Å². The molecule has 0 saturated heterocycles. The van der Waals surface area contributed by atoms with Gasteiger partial charge >= 0.3 is 0 Å². The molecule has 0 fully saturated rings. The Kier molecular flexibility index (Phi) is 6.64. The van der Waals surface area contributed by atoms with E-state index in [4.69, 9.17) is 16.3 Å². The minimum absolute atomic E-state index is 0. The van der Waals surface area contributed by atoms with E-state index < -0.39 is 5.66 Å². The van der Waals surface area contributed by atoms with Crippen LogP contribution in [0.4, 0.5) is 0 Å². The molecule has 1 atom stereocenters. The first kappa shape index (κ1) is 18.3. The summed E-state index contributed by atoms with van der Waals surface area (Å²) in [6.45, 7) is 4.49. The summed E-state index contributed by atoms with van der Waals surface area (Å²) in [5, 5.41) is 1.56. The maximum Gasteiger partial charge on any atom is 0.226 e. The van der Waals surface area contributed by atoms with Crippen LogP contribution >= 0.6 is 12.4 Å². The molecule has 1 heterocycles. The van der Waals surface area contributed by atoms with Crippen molar-refractivity contribution in [1.82, 2.24) is 5.06 Å². The number of aliphatic imine (C=N–C) groups is 2. The predicted molar refractivity (Wildman–Crippen MR) is 91.7 cm³/mol. The predicted octanol–water partition coefficient (Wildman–Crippen LogP) is 2.04. The number of nitrogens with two attached hydrogens (primary N) is 2. The number of hydroxylamine groups is 2. The van der Waals surface area contributed by atoms with Crippen molar-refractivity contribution in [3.05, 3.63) is 35.9 Å². The highest BCUT2D eigenvalue weighted by atomic mass is 35.5. The molecule has 0 amide bonds. The quantitative estimate of drug-likeness (QED) is 0.783. The van der Waals surface area contributed by atoms with E-state index in [-0.39, 0.29) is 24.3 Å². The van der Waals surface area contributed by atoms with Crippen LogP contribution in [-0.2, 0) is 11.3 Å². The minimum Gasteiger partial charge on any atom is -0.368 e. The molecule has 1 aromatic rings. The zero-order chi connectivity index (χ0) is 15.3. The third-order valence-corrected chi connectivity index (χ3v) is 3.57. The summed E-state index contributed by atoms with van der Waals surface area (Å²) in [6, 6.07) is 10.3. The molecule has 1 unspecified atom stereocenters. The summed E-state index contributed by atoms with van der Waals surface area (Å²) in [7, 11) is 0. The fourth-order valence-corrected chi connectivity index (χ4v) is 2.23. The standard InChI is InChI=1S/C15H23N5O.ClH/c1-3-15(2)19-13(16)18-14(17)20(15)21-11-7-10-12-8-5-4-6-9-12;/h4-6,8-9H,3,7,10-11H2,1-2H3,(H4,16,17,18,19);1H. The summed E-state index contributed by atoms with van der Waals surface area (Å²) in [5.74, 6) is 0.451. The van der Waals surface area contributed by atoms with Gasteiger partial charge in [-0.2, -0.15) is 10.1 Å². The molecule has 1 aliphatic rings. The Hall–Kier alpha value is -1.79. The zero-order valence-electron chi connectivity index (χ0n) is 13.0. The second-order valence-corrected chi connectivity index (χ2v) is 5.23. The molecule has 7 heteroatoms. The van der Waals surface area contributed by atoms with Gasteiger partial charge in [-0.05, 0) is 31.7 Å². The largest absolute Gasteiger partial charge is 0.368 e. The Bertz CT molecular complexity index is 534. The minimum atomic E-state index is -0.595. The number of benzene rings is 1. The van der Waals surface area contributed by atoms with E-state index >= 15 is 0 Å². The van der Waals surface area contributed by atoms with Crippen molar-refractivity contribution < 1.29 is 4.84 Å². The highest BCUT2D eigenvalue weighted by molar-refractivity contribution is 5.95. The molecule has 0 saturated carbocycles. The van der Waals surface area contributed by atoms with E-state index in [9.17, 15) is 0 Å². The van der Waals surface area contributed by atoms with Crippen molar-refractivity contribution in [2.24, 2.45) is 21.5 Å². The Labute approximate surface area is 137 Å². The molecule has 0 aliphatic carbocycles. The number of aryl methyl sites for hydroxylation is 1. The molecule has 4 N–H and O–H groups in total. The number of guanidine groups is 2. The van der Waals surface area contributed by atoms with Crippen LogP contribution in [0.25, 0.3) is 0 Å². The Morgan fingerprint density at radius 1 is 1.23 bits per heavy atom. The average Bonchev–Trinajstić information content (AvgIpc) is 2.46. The lowest BCUT2D eigenvalue weighted by Gasteiger charge is -2.38. The molecular formula is C15H24ClN5O. The van der Waals surface area contributed by atoms with Crippen LogP contribution in [0.1, 0.15) is 32.3 Å². The monoisotopic (exact) mass is 325 g/mol. The van der Waals surface area contributed by atoms with Crippen LogP contribution < -0.4 is 11.5 Å². The van der Waals surface area contributed by atoms with Gasteiger partial charge in [0.05, 0.1) is 6.61 Å². The van der Waals surface area contributed by atoms with Gasteiger partial charge < -0.3 is 11.5 Å².